The molecule has 16 heavy (non-hydrogen) atoms. The Labute approximate surface area is 99.4 Å². The van der Waals surface area contributed by atoms with E-state index in [0.29, 0.717) is 5.75 Å². The summed E-state index contributed by atoms with van der Waals surface area (Å²) in [5, 5.41) is 0. The average Bonchev–Trinajstić information content (AvgIpc) is 2.28. The molecule has 2 atom stereocenters. The predicted octanol–water partition coefficient (Wildman–Crippen LogP) is 1.93. The van der Waals surface area contributed by atoms with Crippen molar-refractivity contribution in [3.63, 3.8) is 0 Å². The Kier molecular flexibility index (Phi) is 5.49. The predicted molar refractivity (Wildman–Crippen MR) is 67.2 cm³/mol. The smallest absolute Gasteiger partial charge is 0.120 e. The van der Waals surface area contributed by atoms with E-state index < -0.39 is 10.8 Å². The summed E-state index contributed by atoms with van der Waals surface area (Å²) >= 11 is 0. The zero-order chi connectivity index (χ0) is 12.0. The van der Waals surface area contributed by atoms with Gasteiger partial charge in [-0.2, -0.15) is 0 Å². The van der Waals surface area contributed by atoms with Crippen molar-refractivity contribution in [2.75, 3.05) is 12.9 Å². The van der Waals surface area contributed by atoms with Crippen LogP contribution in [0.4, 0.5) is 0 Å². The second kappa shape index (κ2) is 6.66. The van der Waals surface area contributed by atoms with Gasteiger partial charge in [0.1, 0.15) is 5.75 Å². The molecule has 0 saturated carbocycles. The van der Waals surface area contributed by atoms with Crippen LogP contribution in [0.1, 0.15) is 19.8 Å². The maximum atomic E-state index is 11.9. The third kappa shape index (κ3) is 4.33. The summed E-state index contributed by atoms with van der Waals surface area (Å²) in [5.41, 5.74) is 5.64. The van der Waals surface area contributed by atoms with Gasteiger partial charge >= 0.3 is 0 Å². The molecule has 1 rings (SSSR count). The first kappa shape index (κ1) is 13.2. The van der Waals surface area contributed by atoms with Crippen molar-refractivity contribution in [2.45, 2.75) is 30.7 Å². The van der Waals surface area contributed by atoms with Crippen LogP contribution in [0.2, 0.25) is 0 Å². The van der Waals surface area contributed by atoms with Gasteiger partial charge < -0.3 is 10.5 Å². The lowest BCUT2D eigenvalue weighted by Gasteiger charge is -2.06. The minimum absolute atomic E-state index is 0.183. The van der Waals surface area contributed by atoms with E-state index in [-0.39, 0.29) is 6.04 Å². The lowest BCUT2D eigenvalue weighted by Crippen LogP contribution is -2.15. The monoisotopic (exact) mass is 241 g/mol. The summed E-state index contributed by atoms with van der Waals surface area (Å²) in [6.45, 7) is 1.97. The van der Waals surface area contributed by atoms with Crippen LogP contribution in [0.5, 0.6) is 5.75 Å². The Morgan fingerprint density at radius 3 is 2.88 bits per heavy atom. The molecule has 1 aromatic rings. The van der Waals surface area contributed by atoms with E-state index in [4.69, 9.17) is 10.5 Å². The molecule has 0 saturated heterocycles. The molecule has 0 aromatic heterocycles. The fourth-order valence-electron chi connectivity index (χ4n) is 1.40. The van der Waals surface area contributed by atoms with Crippen molar-refractivity contribution in [1.29, 1.82) is 0 Å². The second-order valence-electron chi connectivity index (χ2n) is 3.85. The third-order valence-electron chi connectivity index (χ3n) is 2.29. The van der Waals surface area contributed by atoms with E-state index >= 15 is 0 Å². The zero-order valence-electron chi connectivity index (χ0n) is 9.81. The molecule has 0 aliphatic rings. The van der Waals surface area contributed by atoms with E-state index in [9.17, 15) is 4.21 Å². The van der Waals surface area contributed by atoms with E-state index in [1.807, 2.05) is 31.2 Å². The lowest BCUT2D eigenvalue weighted by atomic mass is 10.2. The Balaban J connectivity index is 2.52. The topological polar surface area (TPSA) is 52.3 Å². The van der Waals surface area contributed by atoms with Crippen LogP contribution in [0, 0.1) is 0 Å². The van der Waals surface area contributed by atoms with Gasteiger partial charge in [-0.25, -0.2) is 0 Å². The first-order valence-electron chi connectivity index (χ1n) is 5.41. The molecule has 0 fully saturated rings. The lowest BCUT2D eigenvalue weighted by molar-refractivity contribution is 0.413. The molecule has 0 spiro atoms. The Morgan fingerprint density at radius 2 is 2.25 bits per heavy atom. The number of hydrogen-bond acceptors (Lipinski definition) is 3. The highest BCUT2D eigenvalue weighted by Crippen LogP contribution is 2.16. The van der Waals surface area contributed by atoms with Gasteiger partial charge in [0.2, 0.25) is 0 Å². The van der Waals surface area contributed by atoms with E-state index in [0.717, 1.165) is 23.5 Å². The molecule has 2 unspecified atom stereocenters. The second-order valence-corrected chi connectivity index (χ2v) is 5.42. The minimum Gasteiger partial charge on any atom is -0.497 e. The van der Waals surface area contributed by atoms with Gasteiger partial charge in [0.05, 0.1) is 17.9 Å². The number of benzene rings is 1. The molecular formula is C12H19NO2S. The van der Waals surface area contributed by atoms with Crippen molar-refractivity contribution >= 4 is 10.8 Å². The standard InChI is InChI=1S/C12H19NO2S/c1-10(13)5-4-8-16(14)12-7-3-6-11(9-12)15-2/h3,6-7,9-10H,4-5,8,13H2,1-2H3. The van der Waals surface area contributed by atoms with Crippen LogP contribution < -0.4 is 10.5 Å². The SMILES string of the molecule is COc1cccc(S(=O)CCCC(C)N)c1. The normalized spacial score (nSPS) is 14.4. The average molecular weight is 241 g/mol. The number of hydrogen-bond donors (Lipinski definition) is 1. The Morgan fingerprint density at radius 1 is 1.50 bits per heavy atom. The summed E-state index contributed by atoms with van der Waals surface area (Å²) in [5.74, 6) is 1.41. The fraction of sp³-hybridized carbons (Fsp3) is 0.500. The van der Waals surface area contributed by atoms with Crippen molar-refractivity contribution in [2.24, 2.45) is 5.73 Å². The molecule has 0 aliphatic heterocycles. The third-order valence-corrected chi connectivity index (χ3v) is 3.73. The van der Waals surface area contributed by atoms with Crippen LogP contribution in [0.15, 0.2) is 29.2 Å². The highest BCUT2D eigenvalue weighted by Gasteiger charge is 2.05. The molecule has 0 heterocycles. The van der Waals surface area contributed by atoms with Gasteiger partial charge in [0, 0.05) is 16.7 Å². The van der Waals surface area contributed by atoms with Gasteiger partial charge in [-0.3, -0.25) is 4.21 Å². The summed E-state index contributed by atoms with van der Waals surface area (Å²) in [6.07, 6.45) is 1.80. The highest BCUT2D eigenvalue weighted by molar-refractivity contribution is 7.85. The Bertz CT molecular complexity index is 353. The van der Waals surface area contributed by atoms with Crippen molar-refractivity contribution < 1.29 is 8.95 Å². The zero-order valence-corrected chi connectivity index (χ0v) is 10.6. The first-order chi connectivity index (χ1) is 7.63. The van der Waals surface area contributed by atoms with E-state index in [1.54, 1.807) is 7.11 Å². The maximum Gasteiger partial charge on any atom is 0.120 e. The number of methoxy groups -OCH3 is 1. The molecule has 2 N–H and O–H groups in total. The Hall–Kier alpha value is -0.870. The molecule has 0 amide bonds. The van der Waals surface area contributed by atoms with Gasteiger partial charge in [-0.05, 0) is 38.0 Å². The van der Waals surface area contributed by atoms with Crippen molar-refractivity contribution in [3.05, 3.63) is 24.3 Å². The van der Waals surface area contributed by atoms with Crippen LogP contribution in [-0.4, -0.2) is 23.1 Å². The first-order valence-corrected chi connectivity index (χ1v) is 6.73. The van der Waals surface area contributed by atoms with E-state index in [2.05, 4.69) is 0 Å². The van der Waals surface area contributed by atoms with Gasteiger partial charge in [0.15, 0.2) is 0 Å². The largest absolute Gasteiger partial charge is 0.497 e. The van der Waals surface area contributed by atoms with Crippen LogP contribution >= 0.6 is 0 Å². The molecule has 0 radical (unpaired) electrons. The van der Waals surface area contributed by atoms with Crippen LogP contribution in [0.3, 0.4) is 0 Å². The maximum absolute atomic E-state index is 11.9. The van der Waals surface area contributed by atoms with E-state index in [1.165, 1.54) is 0 Å². The molecule has 3 nitrogen and oxygen atoms in total. The van der Waals surface area contributed by atoms with Crippen LogP contribution in [0.25, 0.3) is 0 Å². The number of ether oxygens (including phenoxy) is 1. The van der Waals surface area contributed by atoms with Crippen LogP contribution in [-0.2, 0) is 10.8 Å². The summed E-state index contributed by atoms with van der Waals surface area (Å²) in [6, 6.07) is 7.58. The summed E-state index contributed by atoms with van der Waals surface area (Å²) < 4.78 is 17.0. The fourth-order valence-corrected chi connectivity index (χ4v) is 2.54. The minimum atomic E-state index is -0.947. The summed E-state index contributed by atoms with van der Waals surface area (Å²) in [7, 11) is 0.662. The van der Waals surface area contributed by atoms with Gasteiger partial charge in [-0.15, -0.1) is 0 Å². The molecule has 0 aliphatic carbocycles. The molecule has 4 heteroatoms. The van der Waals surface area contributed by atoms with Crippen molar-refractivity contribution in [1.82, 2.24) is 0 Å². The van der Waals surface area contributed by atoms with Crippen molar-refractivity contribution in [3.8, 4) is 5.75 Å². The molecule has 1 aromatic carbocycles. The highest BCUT2D eigenvalue weighted by atomic mass is 32.2. The number of rotatable bonds is 6. The quantitative estimate of drug-likeness (QED) is 0.828. The number of nitrogens with two attached hydrogens (primary N) is 1. The molecule has 0 bridgehead atoms. The van der Waals surface area contributed by atoms with Gasteiger partial charge in [-0.1, -0.05) is 6.07 Å². The molecular weight excluding hydrogens is 222 g/mol. The van der Waals surface area contributed by atoms with Gasteiger partial charge in [0.25, 0.3) is 0 Å². The molecule has 90 valence electrons. The summed E-state index contributed by atoms with van der Waals surface area (Å²) in [4.78, 5) is 0.823.